The topological polar surface area (TPSA) is 99.4 Å². The molecule has 0 amide bonds. The molecule has 2 aliphatic rings. The van der Waals surface area contributed by atoms with Gasteiger partial charge in [-0.05, 0) is 74.3 Å². The van der Waals surface area contributed by atoms with Crippen LogP contribution in [0, 0.1) is 0 Å². The molecule has 0 bridgehead atoms. The standard InChI is InChI=1S/C25H28N4O4/c30-24(31)15-22(18-14-23-25(26-16-18)33-13-12-32-23)29-11-10-20(28-29)6-3-5-19-9-8-17-4-1-2-7-21(17)27-19/h8-11,14,16,22H,1-7,12-13,15H2,(H,30,31)/t22-/m0/s1. The van der Waals surface area contributed by atoms with Gasteiger partial charge in [0.1, 0.15) is 13.2 Å². The number of pyridine rings is 2. The van der Waals surface area contributed by atoms with E-state index < -0.39 is 12.0 Å². The van der Waals surface area contributed by atoms with E-state index in [-0.39, 0.29) is 6.42 Å². The number of aryl methyl sites for hydroxylation is 4. The Bertz CT molecular complexity index is 1140. The SMILES string of the molecule is O=C(O)C[C@@H](c1cnc2c(c1)OCCO2)n1ccc(CCCc2ccc3c(n2)CCCC3)n1. The van der Waals surface area contributed by atoms with Crippen LogP contribution in [0.5, 0.6) is 11.6 Å². The molecule has 0 fully saturated rings. The average Bonchev–Trinajstić information content (AvgIpc) is 3.30. The quantitative estimate of drug-likeness (QED) is 0.562. The van der Waals surface area contributed by atoms with E-state index in [1.807, 2.05) is 12.3 Å². The summed E-state index contributed by atoms with van der Waals surface area (Å²) >= 11 is 0. The summed E-state index contributed by atoms with van der Waals surface area (Å²) in [6, 6.07) is 7.69. The van der Waals surface area contributed by atoms with Crippen LogP contribution < -0.4 is 9.47 Å². The Kier molecular flexibility index (Phi) is 6.24. The zero-order chi connectivity index (χ0) is 22.6. The molecule has 172 valence electrons. The van der Waals surface area contributed by atoms with E-state index in [4.69, 9.17) is 14.5 Å². The number of carbonyl (C=O) groups is 1. The van der Waals surface area contributed by atoms with E-state index in [0.29, 0.717) is 24.8 Å². The second-order valence-electron chi connectivity index (χ2n) is 8.64. The molecule has 1 atom stereocenters. The van der Waals surface area contributed by atoms with E-state index >= 15 is 0 Å². The van der Waals surface area contributed by atoms with Crippen LogP contribution in [0.25, 0.3) is 0 Å². The van der Waals surface area contributed by atoms with Gasteiger partial charge in [0.25, 0.3) is 5.88 Å². The van der Waals surface area contributed by atoms with Gasteiger partial charge < -0.3 is 14.6 Å². The van der Waals surface area contributed by atoms with Crippen molar-refractivity contribution >= 4 is 5.97 Å². The number of hydrogen-bond donors (Lipinski definition) is 1. The van der Waals surface area contributed by atoms with Crippen molar-refractivity contribution in [3.05, 3.63) is 64.9 Å². The van der Waals surface area contributed by atoms with E-state index in [1.165, 1.54) is 24.1 Å². The highest BCUT2D eigenvalue weighted by atomic mass is 16.6. The molecule has 0 unspecified atom stereocenters. The number of carboxylic acid groups (broad SMARTS) is 1. The Hall–Kier alpha value is -3.42. The van der Waals surface area contributed by atoms with E-state index in [2.05, 4.69) is 22.2 Å². The largest absolute Gasteiger partial charge is 0.484 e. The highest BCUT2D eigenvalue weighted by Crippen LogP contribution is 2.32. The second kappa shape index (κ2) is 9.60. The van der Waals surface area contributed by atoms with E-state index in [9.17, 15) is 9.90 Å². The molecular formula is C25H28N4O4. The molecule has 33 heavy (non-hydrogen) atoms. The Morgan fingerprint density at radius 1 is 1.09 bits per heavy atom. The van der Waals surface area contributed by atoms with Crippen LogP contribution in [-0.2, 0) is 30.5 Å². The first kappa shape index (κ1) is 21.4. The molecule has 1 aliphatic heterocycles. The highest BCUT2D eigenvalue weighted by Gasteiger charge is 2.23. The van der Waals surface area contributed by atoms with Crippen molar-refractivity contribution < 1.29 is 19.4 Å². The molecule has 5 rings (SSSR count). The first-order valence-corrected chi connectivity index (χ1v) is 11.6. The fraction of sp³-hybridized carbons (Fsp3) is 0.440. The summed E-state index contributed by atoms with van der Waals surface area (Å²) in [6.45, 7) is 0.911. The maximum Gasteiger partial charge on any atom is 0.305 e. The van der Waals surface area contributed by atoms with Crippen molar-refractivity contribution in [2.75, 3.05) is 13.2 Å². The van der Waals surface area contributed by atoms with Gasteiger partial charge in [0.15, 0.2) is 5.75 Å². The van der Waals surface area contributed by atoms with E-state index in [1.54, 1.807) is 16.9 Å². The minimum Gasteiger partial charge on any atom is -0.484 e. The zero-order valence-electron chi connectivity index (χ0n) is 18.6. The highest BCUT2D eigenvalue weighted by molar-refractivity contribution is 5.68. The number of aliphatic carboxylic acids is 1. The summed E-state index contributed by atoms with van der Waals surface area (Å²) < 4.78 is 12.8. The molecule has 1 N–H and O–H groups in total. The van der Waals surface area contributed by atoms with Gasteiger partial charge >= 0.3 is 5.97 Å². The maximum atomic E-state index is 11.6. The predicted molar refractivity (Wildman–Crippen MR) is 121 cm³/mol. The van der Waals surface area contributed by atoms with Gasteiger partial charge in [-0.25, -0.2) is 4.98 Å². The normalized spacial score (nSPS) is 15.6. The molecule has 0 saturated carbocycles. The van der Waals surface area contributed by atoms with Crippen molar-refractivity contribution in [1.82, 2.24) is 19.7 Å². The van der Waals surface area contributed by atoms with Crippen LogP contribution in [0.1, 0.15) is 59.9 Å². The molecular weight excluding hydrogens is 420 g/mol. The first-order chi connectivity index (χ1) is 16.2. The van der Waals surface area contributed by atoms with E-state index in [0.717, 1.165) is 49.1 Å². The Morgan fingerprint density at radius 2 is 1.94 bits per heavy atom. The molecule has 8 heteroatoms. The zero-order valence-corrected chi connectivity index (χ0v) is 18.6. The Labute approximate surface area is 192 Å². The smallest absolute Gasteiger partial charge is 0.305 e. The summed E-state index contributed by atoms with van der Waals surface area (Å²) in [4.78, 5) is 20.7. The van der Waals surface area contributed by atoms with Gasteiger partial charge in [0.05, 0.1) is 18.2 Å². The average molecular weight is 449 g/mol. The van der Waals surface area contributed by atoms with Crippen molar-refractivity contribution in [2.45, 2.75) is 57.4 Å². The lowest BCUT2D eigenvalue weighted by Gasteiger charge is -2.21. The van der Waals surface area contributed by atoms with Crippen LogP contribution in [-0.4, -0.2) is 44.0 Å². The molecule has 8 nitrogen and oxygen atoms in total. The van der Waals surface area contributed by atoms with Crippen molar-refractivity contribution in [2.24, 2.45) is 0 Å². The third-order valence-electron chi connectivity index (χ3n) is 6.26. The molecule has 0 aromatic carbocycles. The van der Waals surface area contributed by atoms with Gasteiger partial charge in [0, 0.05) is 23.8 Å². The van der Waals surface area contributed by atoms with Crippen molar-refractivity contribution in [3.63, 3.8) is 0 Å². The van der Waals surface area contributed by atoms with Gasteiger partial charge in [0.2, 0.25) is 0 Å². The summed E-state index contributed by atoms with van der Waals surface area (Å²) in [6.07, 6.45) is 10.8. The lowest BCUT2D eigenvalue weighted by atomic mass is 9.95. The van der Waals surface area contributed by atoms with Crippen LogP contribution in [0.3, 0.4) is 0 Å². The molecule has 3 aromatic rings. The van der Waals surface area contributed by atoms with Gasteiger partial charge in [-0.1, -0.05) is 6.07 Å². The number of rotatable bonds is 8. The molecule has 0 spiro atoms. The number of carboxylic acids is 1. The fourth-order valence-corrected chi connectivity index (χ4v) is 4.56. The molecule has 4 heterocycles. The molecule has 1 aliphatic carbocycles. The number of fused-ring (bicyclic) bond motifs is 2. The van der Waals surface area contributed by atoms with Gasteiger partial charge in [-0.2, -0.15) is 5.10 Å². The number of nitrogens with zero attached hydrogens (tertiary/aromatic N) is 4. The summed E-state index contributed by atoms with van der Waals surface area (Å²) in [7, 11) is 0. The van der Waals surface area contributed by atoms with Gasteiger partial charge in [-0.3, -0.25) is 14.5 Å². The molecule has 3 aromatic heterocycles. The van der Waals surface area contributed by atoms with Crippen LogP contribution in [0.2, 0.25) is 0 Å². The lowest BCUT2D eigenvalue weighted by molar-refractivity contribution is -0.137. The van der Waals surface area contributed by atoms with Crippen molar-refractivity contribution in [1.29, 1.82) is 0 Å². The number of ether oxygens (including phenoxy) is 2. The Balaban J connectivity index is 1.26. The van der Waals surface area contributed by atoms with Crippen molar-refractivity contribution in [3.8, 4) is 11.6 Å². The molecule has 0 radical (unpaired) electrons. The van der Waals surface area contributed by atoms with Gasteiger partial charge in [-0.15, -0.1) is 0 Å². The Morgan fingerprint density at radius 3 is 2.85 bits per heavy atom. The summed E-state index contributed by atoms with van der Waals surface area (Å²) in [5, 5.41) is 14.2. The third-order valence-corrected chi connectivity index (χ3v) is 6.26. The third kappa shape index (κ3) is 4.99. The maximum absolute atomic E-state index is 11.6. The fourth-order valence-electron chi connectivity index (χ4n) is 4.56. The number of hydrogen-bond acceptors (Lipinski definition) is 6. The first-order valence-electron chi connectivity index (χ1n) is 11.6. The lowest BCUT2D eigenvalue weighted by Crippen LogP contribution is -2.19. The molecule has 0 saturated heterocycles. The van der Waals surface area contributed by atoms with Crippen LogP contribution in [0.4, 0.5) is 0 Å². The number of aromatic nitrogens is 4. The predicted octanol–water partition coefficient (Wildman–Crippen LogP) is 3.56. The second-order valence-corrected chi connectivity index (χ2v) is 8.64. The minimum atomic E-state index is -0.898. The summed E-state index contributed by atoms with van der Waals surface area (Å²) in [5.74, 6) is 0.0838. The summed E-state index contributed by atoms with van der Waals surface area (Å²) in [5.41, 5.74) is 5.49. The minimum absolute atomic E-state index is 0.0957. The van der Waals surface area contributed by atoms with Crippen LogP contribution >= 0.6 is 0 Å². The van der Waals surface area contributed by atoms with Crippen LogP contribution in [0.15, 0.2) is 36.7 Å². The monoisotopic (exact) mass is 448 g/mol.